The highest BCUT2D eigenvalue weighted by Gasteiger charge is 2.48. The molecule has 1 saturated heterocycles. The van der Waals surface area contributed by atoms with E-state index in [4.69, 9.17) is 0 Å². The van der Waals surface area contributed by atoms with Crippen LogP contribution in [0.15, 0.2) is 18.2 Å². The monoisotopic (exact) mass is 291 g/mol. The molecular weight excluding hydrogens is 273 g/mol. The van der Waals surface area contributed by atoms with E-state index >= 15 is 0 Å². The largest absolute Gasteiger partial charge is 0.342 e. The normalized spacial score (nSPS) is 26.2. The van der Waals surface area contributed by atoms with E-state index in [1.807, 2.05) is 6.07 Å². The minimum Gasteiger partial charge on any atom is -0.342 e. The zero-order chi connectivity index (χ0) is 15.1. The van der Waals surface area contributed by atoms with Gasteiger partial charge in [-0.15, -0.1) is 0 Å². The molecule has 1 aliphatic heterocycles. The third kappa shape index (κ3) is 2.14. The van der Waals surface area contributed by atoms with Crippen molar-refractivity contribution in [1.29, 1.82) is 0 Å². The van der Waals surface area contributed by atoms with Crippen LogP contribution < -0.4 is 10.6 Å². The summed E-state index contributed by atoms with van der Waals surface area (Å²) in [7, 11) is 1.55. The van der Waals surface area contributed by atoms with E-state index in [0.717, 1.165) is 5.56 Å². The average Bonchev–Trinajstić information content (AvgIpc) is 2.98. The van der Waals surface area contributed by atoms with Crippen molar-refractivity contribution in [3.05, 3.63) is 35.1 Å². The number of urea groups is 1. The van der Waals surface area contributed by atoms with Gasteiger partial charge in [0.2, 0.25) is 5.91 Å². The molecule has 21 heavy (non-hydrogen) atoms. The smallest absolute Gasteiger partial charge is 0.315 e. The van der Waals surface area contributed by atoms with Gasteiger partial charge in [0.1, 0.15) is 5.82 Å². The standard InChI is InChI=1S/C15H18FN3O2/c1-8(20)19-6-10-11(7-19)14(18-15(21)17-2)9-4-3-5-12(16)13(9)10/h3-5,10-11,14H,6-7H2,1-2H3,(H2,17,18,21)/t10-,11+,14-/m1/s1. The van der Waals surface area contributed by atoms with E-state index in [2.05, 4.69) is 10.6 Å². The molecule has 1 aliphatic carbocycles. The fourth-order valence-corrected chi connectivity index (χ4v) is 3.57. The summed E-state index contributed by atoms with van der Waals surface area (Å²) < 4.78 is 14.2. The fraction of sp³-hybridized carbons (Fsp3) is 0.467. The molecule has 5 nitrogen and oxygen atoms in total. The van der Waals surface area contributed by atoms with Gasteiger partial charge in [-0.1, -0.05) is 12.1 Å². The number of carbonyl (C=O) groups excluding carboxylic acids is 2. The summed E-state index contributed by atoms with van der Waals surface area (Å²) in [5.41, 5.74) is 1.48. The third-order valence-electron chi connectivity index (χ3n) is 4.54. The Labute approximate surface area is 122 Å². The summed E-state index contributed by atoms with van der Waals surface area (Å²) in [5.74, 6) is -0.291. The molecule has 2 aliphatic rings. The molecule has 0 radical (unpaired) electrons. The molecule has 6 heteroatoms. The lowest BCUT2D eigenvalue weighted by atomic mass is 9.94. The van der Waals surface area contributed by atoms with E-state index in [0.29, 0.717) is 18.7 Å². The van der Waals surface area contributed by atoms with E-state index in [1.165, 1.54) is 13.0 Å². The number of halogens is 1. The van der Waals surface area contributed by atoms with Crippen molar-refractivity contribution in [3.8, 4) is 0 Å². The number of hydrogen-bond donors (Lipinski definition) is 2. The highest BCUT2D eigenvalue weighted by molar-refractivity contribution is 5.75. The molecule has 2 N–H and O–H groups in total. The van der Waals surface area contributed by atoms with Gasteiger partial charge >= 0.3 is 6.03 Å². The van der Waals surface area contributed by atoms with Gasteiger partial charge in [0.05, 0.1) is 6.04 Å². The van der Waals surface area contributed by atoms with Gasteiger partial charge in [-0.05, 0) is 17.2 Å². The van der Waals surface area contributed by atoms with Crippen molar-refractivity contribution in [3.63, 3.8) is 0 Å². The highest BCUT2D eigenvalue weighted by atomic mass is 19.1. The Kier molecular flexibility index (Phi) is 3.31. The van der Waals surface area contributed by atoms with Crippen molar-refractivity contribution >= 4 is 11.9 Å². The van der Waals surface area contributed by atoms with Crippen LogP contribution in [0.2, 0.25) is 0 Å². The summed E-state index contributed by atoms with van der Waals surface area (Å²) >= 11 is 0. The predicted molar refractivity (Wildman–Crippen MR) is 75.2 cm³/mol. The topological polar surface area (TPSA) is 61.4 Å². The molecule has 3 atom stereocenters. The molecule has 0 aromatic heterocycles. The van der Waals surface area contributed by atoms with Crippen LogP contribution >= 0.6 is 0 Å². The van der Waals surface area contributed by atoms with Gasteiger partial charge in [0.15, 0.2) is 0 Å². The highest BCUT2D eigenvalue weighted by Crippen LogP contribution is 2.50. The Balaban J connectivity index is 1.99. The van der Waals surface area contributed by atoms with Crippen LogP contribution in [0.1, 0.15) is 30.0 Å². The van der Waals surface area contributed by atoms with E-state index in [9.17, 15) is 14.0 Å². The Morgan fingerprint density at radius 1 is 1.33 bits per heavy atom. The fourth-order valence-electron chi connectivity index (χ4n) is 3.57. The van der Waals surface area contributed by atoms with Crippen LogP contribution in [-0.2, 0) is 4.79 Å². The Morgan fingerprint density at radius 3 is 2.76 bits per heavy atom. The van der Waals surface area contributed by atoms with Gasteiger partial charge in [-0.2, -0.15) is 0 Å². The molecule has 0 spiro atoms. The van der Waals surface area contributed by atoms with Gasteiger partial charge < -0.3 is 15.5 Å². The summed E-state index contributed by atoms with van der Waals surface area (Å²) in [6.45, 7) is 2.58. The third-order valence-corrected chi connectivity index (χ3v) is 4.54. The Morgan fingerprint density at radius 2 is 2.10 bits per heavy atom. The zero-order valence-corrected chi connectivity index (χ0v) is 12.0. The Hall–Kier alpha value is -2.11. The number of amides is 3. The van der Waals surface area contributed by atoms with Gasteiger partial charge in [-0.3, -0.25) is 4.79 Å². The van der Waals surface area contributed by atoms with Crippen LogP contribution in [-0.4, -0.2) is 37.0 Å². The quantitative estimate of drug-likeness (QED) is 0.821. The van der Waals surface area contributed by atoms with Crippen LogP contribution in [0.5, 0.6) is 0 Å². The Bertz CT molecular complexity index is 605. The maximum atomic E-state index is 14.2. The van der Waals surface area contributed by atoms with Crippen molar-refractivity contribution in [1.82, 2.24) is 15.5 Å². The number of likely N-dealkylation sites (tertiary alicyclic amines) is 1. The lowest BCUT2D eigenvalue weighted by Crippen LogP contribution is -2.39. The van der Waals surface area contributed by atoms with Crippen molar-refractivity contribution < 1.29 is 14.0 Å². The van der Waals surface area contributed by atoms with Gasteiger partial charge in [0.25, 0.3) is 0 Å². The number of nitrogens with one attached hydrogen (secondary N) is 2. The molecule has 112 valence electrons. The molecule has 3 amide bonds. The number of carbonyl (C=O) groups is 2. The molecular formula is C15H18FN3O2. The number of fused-ring (bicyclic) bond motifs is 3. The lowest BCUT2D eigenvalue weighted by molar-refractivity contribution is -0.128. The van der Waals surface area contributed by atoms with Crippen LogP contribution in [0.3, 0.4) is 0 Å². The molecule has 0 saturated carbocycles. The lowest BCUT2D eigenvalue weighted by Gasteiger charge is -2.22. The van der Waals surface area contributed by atoms with Crippen LogP contribution in [0.4, 0.5) is 9.18 Å². The number of rotatable bonds is 1. The van der Waals surface area contributed by atoms with Gasteiger partial charge in [0, 0.05) is 38.9 Å². The maximum absolute atomic E-state index is 14.2. The number of nitrogens with zero attached hydrogens (tertiary/aromatic N) is 1. The first kappa shape index (κ1) is 13.9. The number of benzene rings is 1. The van der Waals surface area contributed by atoms with E-state index in [1.54, 1.807) is 18.0 Å². The van der Waals surface area contributed by atoms with Crippen LogP contribution in [0, 0.1) is 11.7 Å². The van der Waals surface area contributed by atoms with Crippen molar-refractivity contribution in [2.24, 2.45) is 5.92 Å². The van der Waals surface area contributed by atoms with Crippen LogP contribution in [0.25, 0.3) is 0 Å². The first-order chi connectivity index (χ1) is 10.0. The second kappa shape index (κ2) is 5.02. The van der Waals surface area contributed by atoms with Crippen molar-refractivity contribution in [2.75, 3.05) is 20.1 Å². The first-order valence-corrected chi connectivity index (χ1v) is 7.05. The second-order valence-corrected chi connectivity index (χ2v) is 5.64. The minimum atomic E-state index is -0.294. The van der Waals surface area contributed by atoms with Gasteiger partial charge in [-0.25, -0.2) is 9.18 Å². The molecule has 1 aromatic carbocycles. The second-order valence-electron chi connectivity index (χ2n) is 5.64. The summed E-state index contributed by atoms with van der Waals surface area (Å²) in [5, 5.41) is 5.41. The minimum absolute atomic E-state index is 0.0130. The molecule has 1 aromatic rings. The molecule has 1 fully saturated rings. The zero-order valence-electron chi connectivity index (χ0n) is 12.0. The maximum Gasteiger partial charge on any atom is 0.315 e. The summed E-state index contributed by atoms with van der Waals surface area (Å²) in [6.07, 6.45) is 0. The molecule has 1 heterocycles. The average molecular weight is 291 g/mol. The molecule has 0 unspecified atom stereocenters. The number of hydrogen-bond acceptors (Lipinski definition) is 2. The van der Waals surface area contributed by atoms with E-state index < -0.39 is 0 Å². The van der Waals surface area contributed by atoms with E-state index in [-0.39, 0.29) is 35.6 Å². The first-order valence-electron chi connectivity index (χ1n) is 7.05. The summed E-state index contributed by atoms with van der Waals surface area (Å²) in [4.78, 5) is 25.0. The van der Waals surface area contributed by atoms with Crippen molar-refractivity contribution in [2.45, 2.75) is 18.9 Å². The molecule has 3 rings (SSSR count). The SMILES string of the molecule is CNC(=O)N[C@@H]1c2cccc(F)c2[C@@H]2CN(C(C)=O)C[C@H]12. The summed E-state index contributed by atoms with van der Waals surface area (Å²) in [6, 6.07) is 4.41. The predicted octanol–water partition coefficient (Wildman–Crippen LogP) is 1.37. The molecule has 0 bridgehead atoms.